The van der Waals surface area contributed by atoms with Crippen molar-refractivity contribution in [1.29, 1.82) is 5.26 Å². The van der Waals surface area contributed by atoms with E-state index in [0.29, 0.717) is 56.8 Å². The van der Waals surface area contributed by atoms with E-state index >= 15 is 0 Å². The first-order valence-corrected chi connectivity index (χ1v) is 13.0. The summed E-state index contributed by atoms with van der Waals surface area (Å²) >= 11 is 0. The lowest BCUT2D eigenvalue weighted by Crippen LogP contribution is -2.53. The molecule has 0 saturated carbocycles. The number of benzene rings is 3. The second-order valence-electron chi connectivity index (χ2n) is 9.92. The Bertz CT molecular complexity index is 1300. The zero-order valence-electron chi connectivity index (χ0n) is 21.2. The van der Waals surface area contributed by atoms with Crippen LogP contribution >= 0.6 is 0 Å². The molecule has 0 spiro atoms. The summed E-state index contributed by atoms with van der Waals surface area (Å²) in [6.45, 7) is 4.09. The molecule has 2 aliphatic rings. The molecule has 0 aromatic heterocycles. The number of carbonyl (C=O) groups is 1. The van der Waals surface area contributed by atoms with E-state index in [-0.39, 0.29) is 24.5 Å². The number of carbonyl (C=O) groups excluding carboxylic acids is 1. The quantitative estimate of drug-likeness (QED) is 0.517. The highest BCUT2D eigenvalue weighted by molar-refractivity contribution is 5.82. The topological polar surface area (TPSA) is 62.6 Å². The molecular formula is C30H31F2N5O. The van der Waals surface area contributed by atoms with E-state index in [2.05, 4.69) is 33.3 Å². The maximum absolute atomic E-state index is 14.2. The van der Waals surface area contributed by atoms with Gasteiger partial charge in [-0.25, -0.2) is 8.78 Å². The van der Waals surface area contributed by atoms with Crippen LogP contribution in [-0.2, 0) is 17.9 Å². The van der Waals surface area contributed by atoms with Crippen molar-refractivity contribution in [2.75, 3.05) is 37.6 Å². The number of halogens is 2. The summed E-state index contributed by atoms with van der Waals surface area (Å²) in [6.07, 6.45) is 0.617. The molecule has 0 radical (unpaired) electrons. The lowest BCUT2D eigenvalue weighted by atomic mass is 10.1. The molecular weight excluding hydrogens is 484 g/mol. The second-order valence-corrected chi connectivity index (χ2v) is 9.92. The monoisotopic (exact) mass is 515 g/mol. The number of hydrogen-bond donors (Lipinski definition) is 1. The van der Waals surface area contributed by atoms with Gasteiger partial charge in [-0.3, -0.25) is 9.69 Å². The van der Waals surface area contributed by atoms with Gasteiger partial charge in [-0.1, -0.05) is 48.5 Å². The van der Waals surface area contributed by atoms with E-state index in [0.717, 1.165) is 17.3 Å². The van der Waals surface area contributed by atoms with Crippen molar-refractivity contribution in [3.63, 3.8) is 0 Å². The lowest BCUT2D eigenvalue weighted by molar-refractivity contribution is -0.136. The van der Waals surface area contributed by atoms with Gasteiger partial charge >= 0.3 is 0 Å². The average molecular weight is 516 g/mol. The van der Waals surface area contributed by atoms with Crippen LogP contribution in [0, 0.1) is 23.0 Å². The Hall–Kier alpha value is -3.80. The molecule has 5 rings (SSSR count). The van der Waals surface area contributed by atoms with Crippen LogP contribution in [-0.4, -0.2) is 60.5 Å². The molecule has 2 heterocycles. The van der Waals surface area contributed by atoms with Crippen LogP contribution in [0.1, 0.15) is 23.1 Å². The molecule has 3 aromatic rings. The summed E-state index contributed by atoms with van der Waals surface area (Å²) in [6, 6.07) is 23.2. The van der Waals surface area contributed by atoms with Gasteiger partial charge in [-0.15, -0.1) is 0 Å². The second kappa shape index (κ2) is 11.7. The number of rotatable bonds is 7. The van der Waals surface area contributed by atoms with E-state index in [1.165, 1.54) is 12.1 Å². The first kappa shape index (κ1) is 25.8. The normalized spacial score (nSPS) is 19.9. The molecule has 3 aromatic carbocycles. The molecule has 196 valence electrons. The number of hydrogen-bond acceptors (Lipinski definition) is 5. The van der Waals surface area contributed by atoms with Crippen LogP contribution in [0.4, 0.5) is 14.5 Å². The number of nitrogens with one attached hydrogen (secondary N) is 1. The van der Waals surface area contributed by atoms with Crippen molar-refractivity contribution in [3.8, 4) is 6.07 Å². The molecule has 0 bridgehead atoms. The Morgan fingerprint density at radius 2 is 1.71 bits per heavy atom. The molecule has 1 N–H and O–H groups in total. The molecule has 2 aliphatic heterocycles. The molecule has 2 atom stereocenters. The predicted molar refractivity (Wildman–Crippen MR) is 142 cm³/mol. The molecule has 38 heavy (non-hydrogen) atoms. The van der Waals surface area contributed by atoms with E-state index in [1.54, 1.807) is 0 Å². The molecule has 1 amide bonds. The third-order valence-corrected chi connectivity index (χ3v) is 7.47. The van der Waals surface area contributed by atoms with Gasteiger partial charge < -0.3 is 15.1 Å². The summed E-state index contributed by atoms with van der Waals surface area (Å²) < 4.78 is 27.5. The predicted octanol–water partition coefficient (Wildman–Crippen LogP) is 3.92. The van der Waals surface area contributed by atoms with E-state index in [4.69, 9.17) is 0 Å². The molecule has 2 fully saturated rings. The van der Waals surface area contributed by atoms with Crippen molar-refractivity contribution in [3.05, 3.63) is 101 Å². The third kappa shape index (κ3) is 5.85. The number of nitrogens with zero attached hydrogens (tertiary/aromatic N) is 4. The van der Waals surface area contributed by atoms with Gasteiger partial charge in [-0.2, -0.15) is 5.26 Å². The number of likely N-dealkylation sites (tertiary alicyclic amines) is 1. The molecule has 0 aliphatic carbocycles. The van der Waals surface area contributed by atoms with Crippen molar-refractivity contribution in [2.45, 2.75) is 31.6 Å². The summed E-state index contributed by atoms with van der Waals surface area (Å²) in [7, 11) is 0. The minimum absolute atomic E-state index is 0.000842. The number of amides is 1. The highest BCUT2D eigenvalue weighted by Crippen LogP contribution is 2.26. The standard InChI is InChI=1S/C30H31F2N5O/c31-25-11-10-24(27(32)16-25)19-34-26-17-29(37(21-26)20-22-6-2-1-3-7-22)30(38)36-14-12-35(13-15-36)28-9-5-4-8-23(28)18-33/h1-11,16,26,29,34H,12-15,17,19-21H2/t26-,29-/m0/s1. The van der Waals surface area contributed by atoms with Crippen LogP contribution in [0.2, 0.25) is 0 Å². The van der Waals surface area contributed by atoms with Crippen molar-refractivity contribution < 1.29 is 13.6 Å². The molecule has 2 saturated heterocycles. The maximum atomic E-state index is 14.2. The van der Waals surface area contributed by atoms with Crippen molar-refractivity contribution in [1.82, 2.24) is 15.1 Å². The summed E-state index contributed by atoms with van der Waals surface area (Å²) in [5, 5.41) is 12.9. The number of nitriles is 1. The number of anilines is 1. The highest BCUT2D eigenvalue weighted by atomic mass is 19.1. The van der Waals surface area contributed by atoms with Crippen molar-refractivity contribution in [2.24, 2.45) is 0 Å². The van der Waals surface area contributed by atoms with Gasteiger partial charge in [0, 0.05) is 63.5 Å². The van der Waals surface area contributed by atoms with Gasteiger partial charge in [0.25, 0.3) is 0 Å². The third-order valence-electron chi connectivity index (χ3n) is 7.47. The fourth-order valence-corrected chi connectivity index (χ4v) is 5.44. The van der Waals surface area contributed by atoms with Gasteiger partial charge in [0.2, 0.25) is 5.91 Å². The van der Waals surface area contributed by atoms with Crippen LogP contribution in [0.25, 0.3) is 0 Å². The van der Waals surface area contributed by atoms with Crippen molar-refractivity contribution >= 4 is 11.6 Å². The Kier molecular flexibility index (Phi) is 7.97. The van der Waals surface area contributed by atoms with Crippen LogP contribution in [0.5, 0.6) is 0 Å². The van der Waals surface area contributed by atoms with E-state index in [9.17, 15) is 18.8 Å². The van der Waals surface area contributed by atoms with E-state index in [1.807, 2.05) is 47.4 Å². The first-order chi connectivity index (χ1) is 18.5. The minimum atomic E-state index is -0.594. The Balaban J connectivity index is 1.25. The smallest absolute Gasteiger partial charge is 0.240 e. The Labute approximate surface area is 222 Å². The van der Waals surface area contributed by atoms with Gasteiger partial charge in [0.1, 0.15) is 17.7 Å². The zero-order chi connectivity index (χ0) is 26.5. The van der Waals surface area contributed by atoms with Gasteiger partial charge in [0.15, 0.2) is 0 Å². The molecule has 8 heteroatoms. The lowest BCUT2D eigenvalue weighted by Gasteiger charge is -2.38. The number of piperazine rings is 1. The zero-order valence-corrected chi connectivity index (χ0v) is 21.2. The van der Waals surface area contributed by atoms with Gasteiger partial charge in [-0.05, 0) is 30.2 Å². The molecule has 0 unspecified atom stereocenters. The molecule has 6 nitrogen and oxygen atoms in total. The minimum Gasteiger partial charge on any atom is -0.367 e. The Morgan fingerprint density at radius 3 is 2.45 bits per heavy atom. The fourth-order valence-electron chi connectivity index (χ4n) is 5.44. The van der Waals surface area contributed by atoms with Gasteiger partial charge in [0.05, 0.1) is 17.3 Å². The highest BCUT2D eigenvalue weighted by Gasteiger charge is 2.39. The first-order valence-electron chi connectivity index (χ1n) is 13.0. The van der Waals surface area contributed by atoms with E-state index < -0.39 is 11.6 Å². The number of para-hydroxylation sites is 1. The maximum Gasteiger partial charge on any atom is 0.240 e. The summed E-state index contributed by atoms with van der Waals surface area (Å²) in [5.41, 5.74) is 3.09. The fraction of sp³-hybridized carbons (Fsp3) is 0.333. The average Bonchev–Trinajstić information content (AvgIpc) is 3.35. The largest absolute Gasteiger partial charge is 0.367 e. The van der Waals surface area contributed by atoms with Crippen LogP contribution in [0.3, 0.4) is 0 Å². The summed E-state index contributed by atoms with van der Waals surface area (Å²) in [5.74, 6) is -1.06. The van der Waals surface area contributed by atoms with Crippen LogP contribution in [0.15, 0.2) is 72.8 Å². The Morgan fingerprint density at radius 1 is 0.974 bits per heavy atom. The van der Waals surface area contributed by atoms with Crippen LogP contribution < -0.4 is 10.2 Å². The summed E-state index contributed by atoms with van der Waals surface area (Å²) in [4.78, 5) is 20.1. The SMILES string of the molecule is N#Cc1ccccc1N1CCN(C(=O)[C@@H]2C[C@H](NCc3ccc(F)cc3F)CN2Cc2ccccc2)CC1.